The summed E-state index contributed by atoms with van der Waals surface area (Å²) in [7, 11) is 0. The van der Waals surface area contributed by atoms with Crippen LogP contribution in [0.5, 0.6) is 5.75 Å². The fourth-order valence-electron chi connectivity index (χ4n) is 3.05. The SMILES string of the molecule is CCNC(=NCc1cc(F)ccc1F)NCc1ccc(C)cc1OC1CCOC1.I. The first-order chi connectivity index (χ1) is 14.0. The molecule has 1 fully saturated rings. The number of hydrogen-bond donors (Lipinski definition) is 2. The lowest BCUT2D eigenvalue weighted by Crippen LogP contribution is -2.37. The summed E-state index contributed by atoms with van der Waals surface area (Å²) in [4.78, 5) is 4.38. The average Bonchev–Trinajstić information content (AvgIpc) is 3.20. The molecule has 1 unspecified atom stereocenters. The van der Waals surface area contributed by atoms with E-state index in [4.69, 9.17) is 9.47 Å². The Morgan fingerprint density at radius 1 is 1.17 bits per heavy atom. The number of aliphatic imine (C=N–C) groups is 1. The predicted molar refractivity (Wildman–Crippen MR) is 124 cm³/mol. The van der Waals surface area contributed by atoms with Gasteiger partial charge in [-0.15, -0.1) is 24.0 Å². The van der Waals surface area contributed by atoms with Gasteiger partial charge >= 0.3 is 0 Å². The summed E-state index contributed by atoms with van der Waals surface area (Å²) >= 11 is 0. The van der Waals surface area contributed by atoms with Crippen molar-refractivity contribution in [2.24, 2.45) is 4.99 Å². The lowest BCUT2D eigenvalue weighted by Gasteiger charge is -2.18. The Morgan fingerprint density at radius 3 is 2.73 bits per heavy atom. The van der Waals surface area contributed by atoms with Gasteiger partial charge in [-0.1, -0.05) is 12.1 Å². The van der Waals surface area contributed by atoms with Crippen molar-refractivity contribution in [3.8, 4) is 5.75 Å². The highest BCUT2D eigenvalue weighted by Gasteiger charge is 2.18. The van der Waals surface area contributed by atoms with Gasteiger partial charge in [0, 0.05) is 30.6 Å². The van der Waals surface area contributed by atoms with Gasteiger partial charge in [0.15, 0.2) is 5.96 Å². The third kappa shape index (κ3) is 7.09. The van der Waals surface area contributed by atoms with Crippen molar-refractivity contribution in [2.75, 3.05) is 19.8 Å². The maximum absolute atomic E-state index is 13.8. The average molecular weight is 531 g/mol. The van der Waals surface area contributed by atoms with Crippen LogP contribution in [0.3, 0.4) is 0 Å². The first-order valence-corrected chi connectivity index (χ1v) is 9.85. The number of nitrogens with one attached hydrogen (secondary N) is 2. The largest absolute Gasteiger partial charge is 0.488 e. The fourth-order valence-corrected chi connectivity index (χ4v) is 3.05. The highest BCUT2D eigenvalue weighted by Crippen LogP contribution is 2.23. The highest BCUT2D eigenvalue weighted by molar-refractivity contribution is 14.0. The summed E-state index contributed by atoms with van der Waals surface area (Å²) in [5.74, 6) is 0.387. The van der Waals surface area contributed by atoms with Crippen LogP contribution in [0.1, 0.15) is 30.0 Å². The zero-order valence-corrected chi connectivity index (χ0v) is 19.5. The molecule has 8 heteroatoms. The van der Waals surface area contributed by atoms with Gasteiger partial charge in [-0.05, 0) is 43.7 Å². The molecule has 5 nitrogen and oxygen atoms in total. The van der Waals surface area contributed by atoms with Crippen molar-refractivity contribution in [3.63, 3.8) is 0 Å². The molecule has 0 aromatic heterocycles. The van der Waals surface area contributed by atoms with Gasteiger partial charge in [-0.3, -0.25) is 0 Å². The van der Waals surface area contributed by atoms with Gasteiger partial charge in [0.1, 0.15) is 23.5 Å². The van der Waals surface area contributed by atoms with Gasteiger partial charge in [-0.25, -0.2) is 13.8 Å². The standard InChI is InChI=1S/C22H27F2N3O2.HI/c1-3-25-22(27-13-17-11-18(23)6-7-20(17)24)26-12-16-5-4-15(2)10-21(16)29-19-8-9-28-14-19;/h4-7,10-11,19H,3,8-9,12-14H2,1-2H3,(H2,25,26,27);1H. The molecule has 0 bridgehead atoms. The normalized spacial score (nSPS) is 16.1. The lowest BCUT2D eigenvalue weighted by molar-refractivity contribution is 0.140. The van der Waals surface area contributed by atoms with Crippen LogP contribution in [-0.4, -0.2) is 31.8 Å². The van der Waals surface area contributed by atoms with Crippen LogP contribution >= 0.6 is 24.0 Å². The monoisotopic (exact) mass is 531 g/mol. The first kappa shape index (κ1) is 24.3. The Kier molecular flexibility index (Phi) is 9.77. The molecular formula is C22H28F2IN3O2. The third-order valence-electron chi connectivity index (χ3n) is 4.61. The molecule has 1 aliphatic heterocycles. The van der Waals surface area contributed by atoms with E-state index in [9.17, 15) is 8.78 Å². The maximum Gasteiger partial charge on any atom is 0.191 e. The number of nitrogens with zero attached hydrogens (tertiary/aromatic N) is 1. The second-order valence-corrected chi connectivity index (χ2v) is 7.00. The number of rotatable bonds is 7. The molecule has 3 rings (SSSR count). The van der Waals surface area contributed by atoms with E-state index < -0.39 is 11.6 Å². The van der Waals surface area contributed by atoms with Crippen LogP contribution in [-0.2, 0) is 17.8 Å². The van der Waals surface area contributed by atoms with E-state index in [0.29, 0.717) is 25.7 Å². The second kappa shape index (κ2) is 12.0. The minimum Gasteiger partial charge on any atom is -0.488 e. The van der Waals surface area contributed by atoms with Crippen molar-refractivity contribution in [2.45, 2.75) is 39.5 Å². The first-order valence-electron chi connectivity index (χ1n) is 9.85. The van der Waals surface area contributed by atoms with Gasteiger partial charge in [0.2, 0.25) is 0 Å². The molecule has 0 saturated carbocycles. The van der Waals surface area contributed by atoms with Crippen LogP contribution in [0.2, 0.25) is 0 Å². The Bertz CT molecular complexity index is 858. The Morgan fingerprint density at radius 2 is 2.00 bits per heavy atom. The van der Waals surface area contributed by atoms with E-state index in [1.165, 1.54) is 0 Å². The van der Waals surface area contributed by atoms with Crippen LogP contribution in [0.4, 0.5) is 8.78 Å². The maximum atomic E-state index is 13.8. The second-order valence-electron chi connectivity index (χ2n) is 7.00. The van der Waals surface area contributed by atoms with Crippen molar-refractivity contribution in [1.29, 1.82) is 0 Å². The molecule has 1 aliphatic rings. The van der Waals surface area contributed by atoms with E-state index >= 15 is 0 Å². The Balaban J connectivity index is 0.00000320. The predicted octanol–water partition coefficient (Wildman–Crippen LogP) is 4.31. The summed E-state index contributed by atoms with van der Waals surface area (Å²) in [6.07, 6.45) is 0.942. The van der Waals surface area contributed by atoms with E-state index in [0.717, 1.165) is 48.1 Å². The lowest BCUT2D eigenvalue weighted by atomic mass is 10.1. The van der Waals surface area contributed by atoms with Crippen molar-refractivity contribution < 1.29 is 18.3 Å². The molecule has 30 heavy (non-hydrogen) atoms. The molecule has 164 valence electrons. The van der Waals surface area contributed by atoms with E-state index in [2.05, 4.69) is 15.6 Å². The van der Waals surface area contributed by atoms with Crippen LogP contribution in [0.25, 0.3) is 0 Å². The zero-order valence-electron chi connectivity index (χ0n) is 17.2. The topological polar surface area (TPSA) is 54.9 Å². The highest BCUT2D eigenvalue weighted by atomic mass is 127. The molecule has 1 heterocycles. The minimum absolute atomic E-state index is 0. The van der Waals surface area contributed by atoms with Crippen LogP contribution in [0, 0.1) is 18.6 Å². The van der Waals surface area contributed by atoms with Gasteiger partial charge in [0.05, 0.1) is 19.8 Å². The van der Waals surface area contributed by atoms with Gasteiger partial charge in [0.25, 0.3) is 0 Å². The molecule has 2 N–H and O–H groups in total. The van der Waals surface area contributed by atoms with Crippen molar-refractivity contribution in [3.05, 3.63) is 64.7 Å². The Labute approximate surface area is 193 Å². The third-order valence-corrected chi connectivity index (χ3v) is 4.61. The molecule has 0 spiro atoms. The number of aryl methyl sites for hydroxylation is 1. The number of ether oxygens (including phenoxy) is 2. The van der Waals surface area contributed by atoms with Gasteiger partial charge in [-0.2, -0.15) is 0 Å². The zero-order chi connectivity index (χ0) is 20.6. The minimum atomic E-state index is -0.480. The molecule has 2 aromatic carbocycles. The van der Waals surface area contributed by atoms with Crippen molar-refractivity contribution in [1.82, 2.24) is 10.6 Å². The van der Waals surface area contributed by atoms with Crippen LogP contribution < -0.4 is 15.4 Å². The molecule has 2 aromatic rings. The fraction of sp³-hybridized carbons (Fsp3) is 0.409. The molecular weight excluding hydrogens is 503 g/mol. The molecule has 0 radical (unpaired) electrons. The van der Waals surface area contributed by atoms with Crippen molar-refractivity contribution >= 4 is 29.9 Å². The summed E-state index contributed by atoms with van der Waals surface area (Å²) in [5.41, 5.74) is 2.32. The summed E-state index contributed by atoms with van der Waals surface area (Å²) in [6.45, 7) is 6.46. The molecule has 1 saturated heterocycles. The summed E-state index contributed by atoms with van der Waals surface area (Å²) in [6, 6.07) is 9.44. The number of hydrogen-bond acceptors (Lipinski definition) is 3. The van der Waals surface area contributed by atoms with E-state index in [1.54, 1.807) is 0 Å². The molecule has 0 amide bonds. The Hall–Kier alpha value is -1.94. The van der Waals surface area contributed by atoms with Gasteiger partial charge < -0.3 is 20.1 Å². The summed E-state index contributed by atoms with van der Waals surface area (Å²) < 4.78 is 38.7. The smallest absolute Gasteiger partial charge is 0.191 e. The number of guanidine groups is 1. The van der Waals surface area contributed by atoms with Crippen LogP contribution in [0.15, 0.2) is 41.4 Å². The molecule has 0 aliphatic carbocycles. The quantitative estimate of drug-likeness (QED) is 0.318. The number of halogens is 3. The van der Waals surface area contributed by atoms with E-state index in [-0.39, 0.29) is 42.2 Å². The number of benzene rings is 2. The summed E-state index contributed by atoms with van der Waals surface area (Å²) in [5, 5.41) is 6.36. The molecule has 1 atom stereocenters. The van der Waals surface area contributed by atoms with E-state index in [1.807, 2.05) is 32.0 Å².